The highest BCUT2D eigenvalue weighted by molar-refractivity contribution is 6.30. The lowest BCUT2D eigenvalue weighted by Gasteiger charge is -2.13. The fourth-order valence-corrected chi connectivity index (χ4v) is 2.58. The van der Waals surface area contributed by atoms with Crippen molar-refractivity contribution >= 4 is 23.5 Å². The molecule has 2 aromatic rings. The average Bonchev–Trinajstić information content (AvgIpc) is 2.99. The Bertz CT molecular complexity index is 758. The van der Waals surface area contributed by atoms with Gasteiger partial charge < -0.3 is 15.2 Å². The van der Waals surface area contributed by atoms with Crippen LogP contribution in [0.15, 0.2) is 30.5 Å². The highest BCUT2D eigenvalue weighted by Gasteiger charge is 2.20. The largest absolute Gasteiger partial charge is 0.480 e. The van der Waals surface area contributed by atoms with Crippen LogP contribution in [-0.2, 0) is 9.53 Å². The SMILES string of the molecule is CC(C)c1c(C(=O)NCCOCC(=O)O)cnn1-c1cccc(Cl)c1. The maximum Gasteiger partial charge on any atom is 0.329 e. The zero-order valence-corrected chi connectivity index (χ0v) is 14.8. The molecule has 7 nitrogen and oxygen atoms in total. The number of carbonyl (C=O) groups is 2. The van der Waals surface area contributed by atoms with Crippen molar-refractivity contribution in [3.8, 4) is 5.69 Å². The Morgan fingerprint density at radius 2 is 2.16 bits per heavy atom. The molecule has 2 N–H and O–H groups in total. The Balaban J connectivity index is 2.13. The van der Waals surface area contributed by atoms with E-state index in [0.717, 1.165) is 11.4 Å². The van der Waals surface area contributed by atoms with Crippen molar-refractivity contribution < 1.29 is 19.4 Å². The van der Waals surface area contributed by atoms with Gasteiger partial charge in [-0.05, 0) is 24.1 Å². The molecule has 0 fully saturated rings. The first kappa shape index (κ1) is 19.0. The summed E-state index contributed by atoms with van der Waals surface area (Å²) in [7, 11) is 0. The van der Waals surface area contributed by atoms with Crippen molar-refractivity contribution in [2.75, 3.05) is 19.8 Å². The molecule has 1 amide bonds. The van der Waals surface area contributed by atoms with Crippen LogP contribution >= 0.6 is 11.6 Å². The first-order valence-electron chi connectivity index (χ1n) is 7.81. The van der Waals surface area contributed by atoms with E-state index in [1.54, 1.807) is 16.8 Å². The number of rotatable bonds is 8. The van der Waals surface area contributed by atoms with E-state index in [4.69, 9.17) is 21.4 Å². The molecule has 0 radical (unpaired) electrons. The summed E-state index contributed by atoms with van der Waals surface area (Å²) in [5.74, 6) is -1.27. The predicted molar refractivity (Wildman–Crippen MR) is 93.5 cm³/mol. The molecule has 1 aromatic carbocycles. The molecule has 1 aromatic heterocycles. The third-order valence-electron chi connectivity index (χ3n) is 3.41. The quantitative estimate of drug-likeness (QED) is 0.701. The number of ether oxygens (including phenoxy) is 1. The molecule has 0 atom stereocenters. The minimum atomic E-state index is -1.05. The van der Waals surface area contributed by atoms with Gasteiger partial charge in [-0.1, -0.05) is 31.5 Å². The van der Waals surface area contributed by atoms with Crippen LogP contribution in [0.2, 0.25) is 5.02 Å². The highest BCUT2D eigenvalue weighted by Crippen LogP contribution is 2.24. The second-order valence-electron chi connectivity index (χ2n) is 5.69. The minimum Gasteiger partial charge on any atom is -0.480 e. The van der Waals surface area contributed by atoms with Crippen LogP contribution in [0.4, 0.5) is 0 Å². The average molecular weight is 366 g/mol. The molecule has 8 heteroatoms. The number of carboxylic acid groups (broad SMARTS) is 1. The molecule has 0 aliphatic carbocycles. The second kappa shape index (κ2) is 8.64. The maximum absolute atomic E-state index is 12.4. The van der Waals surface area contributed by atoms with E-state index in [2.05, 4.69) is 10.4 Å². The fraction of sp³-hybridized carbons (Fsp3) is 0.353. The number of benzene rings is 1. The van der Waals surface area contributed by atoms with Crippen LogP contribution in [0, 0.1) is 0 Å². The lowest BCUT2D eigenvalue weighted by Crippen LogP contribution is -2.28. The molecule has 134 valence electrons. The second-order valence-corrected chi connectivity index (χ2v) is 6.13. The summed E-state index contributed by atoms with van der Waals surface area (Å²) < 4.78 is 6.60. The van der Waals surface area contributed by atoms with Crippen LogP contribution in [0.25, 0.3) is 5.69 Å². The number of carbonyl (C=O) groups excluding carboxylic acids is 1. The van der Waals surface area contributed by atoms with E-state index >= 15 is 0 Å². The Morgan fingerprint density at radius 1 is 1.40 bits per heavy atom. The topological polar surface area (TPSA) is 93.4 Å². The molecule has 0 aliphatic heterocycles. The molecule has 1 heterocycles. The first-order chi connectivity index (χ1) is 11.9. The number of halogens is 1. The van der Waals surface area contributed by atoms with Crippen molar-refractivity contribution in [1.29, 1.82) is 0 Å². The van der Waals surface area contributed by atoms with Crippen molar-refractivity contribution in [2.45, 2.75) is 19.8 Å². The molecule has 0 saturated heterocycles. The molecule has 0 spiro atoms. The van der Waals surface area contributed by atoms with Crippen LogP contribution in [0.5, 0.6) is 0 Å². The highest BCUT2D eigenvalue weighted by atomic mass is 35.5. The third kappa shape index (κ3) is 5.04. The molecule has 0 aliphatic rings. The summed E-state index contributed by atoms with van der Waals surface area (Å²) in [5, 5.41) is 16.1. The lowest BCUT2D eigenvalue weighted by molar-refractivity contribution is -0.142. The molecule has 0 saturated carbocycles. The third-order valence-corrected chi connectivity index (χ3v) is 3.64. The number of aliphatic carboxylic acids is 1. The Morgan fingerprint density at radius 3 is 2.80 bits per heavy atom. The van der Waals surface area contributed by atoms with Gasteiger partial charge >= 0.3 is 5.97 Å². The van der Waals surface area contributed by atoms with Crippen molar-refractivity contribution in [1.82, 2.24) is 15.1 Å². The van der Waals surface area contributed by atoms with Gasteiger partial charge in [-0.25, -0.2) is 9.48 Å². The zero-order chi connectivity index (χ0) is 18.4. The smallest absolute Gasteiger partial charge is 0.329 e. The van der Waals surface area contributed by atoms with E-state index in [9.17, 15) is 9.59 Å². The standard InChI is InChI=1S/C17H20ClN3O4/c1-11(2)16-14(17(24)19-6-7-25-10-15(22)23)9-20-21(16)13-5-3-4-12(18)8-13/h3-5,8-9,11H,6-7,10H2,1-2H3,(H,19,24)(H,22,23). The minimum absolute atomic E-state index is 0.0606. The summed E-state index contributed by atoms with van der Waals surface area (Å²) in [5.41, 5.74) is 2.01. The number of amides is 1. The van der Waals surface area contributed by atoms with Crippen molar-refractivity contribution in [3.63, 3.8) is 0 Å². The Labute approximate surface area is 150 Å². The van der Waals surface area contributed by atoms with Crippen molar-refractivity contribution in [3.05, 3.63) is 46.7 Å². The van der Waals surface area contributed by atoms with E-state index in [1.165, 1.54) is 6.20 Å². The Kier molecular flexibility index (Phi) is 6.55. The van der Waals surface area contributed by atoms with Crippen LogP contribution in [0.3, 0.4) is 0 Å². The number of carboxylic acids is 1. The van der Waals surface area contributed by atoms with Gasteiger partial charge in [0.15, 0.2) is 0 Å². The maximum atomic E-state index is 12.4. The lowest BCUT2D eigenvalue weighted by atomic mass is 10.1. The van der Waals surface area contributed by atoms with Gasteiger partial charge in [0, 0.05) is 11.6 Å². The number of hydrogen-bond donors (Lipinski definition) is 2. The van der Waals surface area contributed by atoms with Gasteiger partial charge in [0.2, 0.25) is 0 Å². The number of aromatic nitrogens is 2. The Hall–Kier alpha value is -2.38. The number of nitrogens with one attached hydrogen (secondary N) is 1. The van der Waals surface area contributed by atoms with Gasteiger partial charge in [0.1, 0.15) is 6.61 Å². The molecular formula is C17H20ClN3O4. The van der Waals surface area contributed by atoms with E-state index < -0.39 is 5.97 Å². The summed E-state index contributed by atoms with van der Waals surface area (Å²) in [4.78, 5) is 22.8. The van der Waals surface area contributed by atoms with Gasteiger partial charge in [0.05, 0.1) is 29.7 Å². The van der Waals surface area contributed by atoms with E-state index in [0.29, 0.717) is 10.6 Å². The summed E-state index contributed by atoms with van der Waals surface area (Å²) in [6.07, 6.45) is 1.52. The molecule has 25 heavy (non-hydrogen) atoms. The predicted octanol–water partition coefficient (Wildman–Crippen LogP) is 2.48. The summed E-state index contributed by atoms with van der Waals surface area (Å²) in [6, 6.07) is 7.24. The normalized spacial score (nSPS) is 10.9. The van der Waals surface area contributed by atoms with Crippen LogP contribution in [-0.4, -0.2) is 46.5 Å². The number of nitrogens with zero attached hydrogens (tertiary/aromatic N) is 2. The van der Waals surface area contributed by atoms with Gasteiger partial charge in [-0.3, -0.25) is 4.79 Å². The summed E-state index contributed by atoms with van der Waals surface area (Å²) in [6.45, 7) is 3.90. The van der Waals surface area contributed by atoms with E-state index in [-0.39, 0.29) is 31.6 Å². The first-order valence-corrected chi connectivity index (χ1v) is 8.19. The van der Waals surface area contributed by atoms with Crippen molar-refractivity contribution in [2.24, 2.45) is 0 Å². The van der Waals surface area contributed by atoms with Gasteiger partial charge in [0.25, 0.3) is 5.91 Å². The number of hydrogen-bond acceptors (Lipinski definition) is 4. The monoisotopic (exact) mass is 365 g/mol. The van der Waals surface area contributed by atoms with Gasteiger partial charge in [-0.15, -0.1) is 0 Å². The molecular weight excluding hydrogens is 346 g/mol. The van der Waals surface area contributed by atoms with Crippen LogP contribution in [0.1, 0.15) is 35.8 Å². The fourth-order valence-electron chi connectivity index (χ4n) is 2.39. The van der Waals surface area contributed by atoms with E-state index in [1.807, 2.05) is 26.0 Å². The zero-order valence-electron chi connectivity index (χ0n) is 14.0. The van der Waals surface area contributed by atoms with Gasteiger partial charge in [-0.2, -0.15) is 5.10 Å². The molecule has 2 rings (SSSR count). The van der Waals surface area contributed by atoms with Crippen LogP contribution < -0.4 is 5.32 Å². The molecule has 0 unspecified atom stereocenters. The molecule has 0 bridgehead atoms. The summed E-state index contributed by atoms with van der Waals surface area (Å²) >= 11 is 6.04.